The van der Waals surface area contributed by atoms with E-state index in [2.05, 4.69) is 11.4 Å². The van der Waals surface area contributed by atoms with Crippen LogP contribution in [0.4, 0.5) is 20.2 Å². The lowest BCUT2D eigenvalue weighted by atomic mass is 10.1. The minimum Gasteiger partial charge on any atom is -0.379 e. The number of nitrogens with zero attached hydrogens (tertiary/aromatic N) is 2. The number of hydrogen-bond donors (Lipinski definition) is 1. The van der Waals surface area contributed by atoms with Crippen LogP contribution in [0, 0.1) is 23.0 Å². The second-order valence-electron chi connectivity index (χ2n) is 6.10. The molecule has 1 N–H and O–H groups in total. The standard InChI is InChI=1S/C19H17F2N3O/c1-12(25)13-2-3-14(10-22)18(8-13)23-16-6-7-24(11-16)19-5-4-15(20)9-17(19)21/h2-5,8-9,16,23H,6-7,11H2,1H3. The number of Topliss-reactive ketones (excluding diaryl/α,β-unsaturated/α-hetero) is 1. The van der Waals surface area contributed by atoms with Crippen LogP contribution in [-0.2, 0) is 0 Å². The lowest BCUT2D eigenvalue weighted by Crippen LogP contribution is -2.27. The smallest absolute Gasteiger partial charge is 0.159 e. The van der Waals surface area contributed by atoms with E-state index in [-0.39, 0.29) is 11.8 Å². The van der Waals surface area contributed by atoms with E-state index in [1.807, 2.05) is 4.90 Å². The van der Waals surface area contributed by atoms with Gasteiger partial charge < -0.3 is 10.2 Å². The molecule has 1 unspecified atom stereocenters. The molecule has 0 spiro atoms. The molecule has 0 radical (unpaired) electrons. The average molecular weight is 341 g/mol. The van der Waals surface area contributed by atoms with Crippen LogP contribution in [0.25, 0.3) is 0 Å². The summed E-state index contributed by atoms with van der Waals surface area (Å²) in [6, 6.07) is 10.6. The van der Waals surface area contributed by atoms with E-state index in [4.69, 9.17) is 0 Å². The summed E-state index contributed by atoms with van der Waals surface area (Å²) in [5.74, 6) is -1.26. The van der Waals surface area contributed by atoms with E-state index >= 15 is 0 Å². The number of carbonyl (C=O) groups is 1. The highest BCUT2D eigenvalue weighted by molar-refractivity contribution is 5.95. The molecule has 1 atom stereocenters. The van der Waals surface area contributed by atoms with Crippen molar-refractivity contribution in [2.75, 3.05) is 23.3 Å². The molecule has 2 aromatic carbocycles. The molecule has 128 valence electrons. The fourth-order valence-corrected chi connectivity index (χ4v) is 3.03. The predicted molar refractivity (Wildman–Crippen MR) is 91.8 cm³/mol. The first-order valence-corrected chi connectivity index (χ1v) is 7.99. The normalized spacial score (nSPS) is 16.6. The van der Waals surface area contributed by atoms with E-state index in [0.29, 0.717) is 35.6 Å². The minimum atomic E-state index is -0.602. The Morgan fingerprint density at radius 1 is 1.28 bits per heavy atom. The van der Waals surface area contributed by atoms with Crippen molar-refractivity contribution in [3.8, 4) is 6.07 Å². The van der Waals surface area contributed by atoms with Gasteiger partial charge >= 0.3 is 0 Å². The van der Waals surface area contributed by atoms with Gasteiger partial charge in [0.1, 0.15) is 17.7 Å². The van der Waals surface area contributed by atoms with Gasteiger partial charge in [-0.15, -0.1) is 0 Å². The molecule has 1 saturated heterocycles. The summed E-state index contributed by atoms with van der Waals surface area (Å²) >= 11 is 0. The lowest BCUT2D eigenvalue weighted by Gasteiger charge is -2.20. The molecule has 3 rings (SSSR count). The Morgan fingerprint density at radius 2 is 2.08 bits per heavy atom. The predicted octanol–water partition coefficient (Wildman–Crippen LogP) is 3.73. The molecule has 4 nitrogen and oxygen atoms in total. The fourth-order valence-electron chi connectivity index (χ4n) is 3.03. The second-order valence-corrected chi connectivity index (χ2v) is 6.10. The molecule has 0 aromatic heterocycles. The molecule has 25 heavy (non-hydrogen) atoms. The number of hydrogen-bond acceptors (Lipinski definition) is 4. The number of benzene rings is 2. The largest absolute Gasteiger partial charge is 0.379 e. The molecule has 1 heterocycles. The van der Waals surface area contributed by atoms with Crippen molar-refractivity contribution in [3.05, 3.63) is 59.2 Å². The number of ketones is 1. The number of rotatable bonds is 4. The first-order valence-electron chi connectivity index (χ1n) is 7.99. The van der Waals surface area contributed by atoms with Gasteiger partial charge in [-0.1, -0.05) is 0 Å². The Kier molecular flexibility index (Phi) is 4.66. The summed E-state index contributed by atoms with van der Waals surface area (Å²) in [6.07, 6.45) is 0.742. The SMILES string of the molecule is CC(=O)c1ccc(C#N)c(NC2CCN(c3ccc(F)cc3F)C2)c1. The number of nitriles is 1. The molecule has 2 aromatic rings. The highest BCUT2D eigenvalue weighted by Gasteiger charge is 2.25. The Hall–Kier alpha value is -2.94. The van der Waals surface area contributed by atoms with Crippen LogP contribution < -0.4 is 10.2 Å². The van der Waals surface area contributed by atoms with Gasteiger partial charge in [-0.3, -0.25) is 4.79 Å². The highest BCUT2D eigenvalue weighted by atomic mass is 19.1. The van der Waals surface area contributed by atoms with Crippen LogP contribution in [0.15, 0.2) is 36.4 Å². The first kappa shape index (κ1) is 16.9. The molecule has 6 heteroatoms. The summed E-state index contributed by atoms with van der Waals surface area (Å²) < 4.78 is 27.0. The molecule has 0 aliphatic carbocycles. The third kappa shape index (κ3) is 3.61. The molecule has 1 aliphatic heterocycles. The molecule has 1 aliphatic rings. The monoisotopic (exact) mass is 341 g/mol. The zero-order chi connectivity index (χ0) is 18.0. The van der Waals surface area contributed by atoms with Gasteiger partial charge in [0, 0.05) is 30.8 Å². The van der Waals surface area contributed by atoms with Crippen molar-refractivity contribution in [1.82, 2.24) is 0 Å². The Labute approximate surface area is 144 Å². The van der Waals surface area contributed by atoms with Crippen molar-refractivity contribution in [2.24, 2.45) is 0 Å². The lowest BCUT2D eigenvalue weighted by molar-refractivity contribution is 0.101. The second kappa shape index (κ2) is 6.89. The van der Waals surface area contributed by atoms with Crippen LogP contribution >= 0.6 is 0 Å². The van der Waals surface area contributed by atoms with E-state index in [0.717, 1.165) is 12.5 Å². The Bertz CT molecular complexity index is 860. The van der Waals surface area contributed by atoms with E-state index in [1.165, 1.54) is 19.1 Å². The number of anilines is 2. The van der Waals surface area contributed by atoms with Crippen LogP contribution in [-0.4, -0.2) is 24.9 Å². The number of nitrogens with one attached hydrogen (secondary N) is 1. The maximum Gasteiger partial charge on any atom is 0.159 e. The van der Waals surface area contributed by atoms with Gasteiger partial charge in [0.15, 0.2) is 5.78 Å². The summed E-state index contributed by atoms with van der Waals surface area (Å²) in [5.41, 5.74) is 1.95. The van der Waals surface area contributed by atoms with Crippen molar-refractivity contribution in [2.45, 2.75) is 19.4 Å². The summed E-state index contributed by atoms with van der Waals surface area (Å²) in [4.78, 5) is 13.4. The maximum absolute atomic E-state index is 13.9. The highest BCUT2D eigenvalue weighted by Crippen LogP contribution is 2.27. The first-order chi connectivity index (χ1) is 12.0. The third-order valence-corrected chi connectivity index (χ3v) is 4.34. The van der Waals surface area contributed by atoms with Crippen molar-refractivity contribution < 1.29 is 13.6 Å². The van der Waals surface area contributed by atoms with E-state index < -0.39 is 11.6 Å². The van der Waals surface area contributed by atoms with Crippen molar-refractivity contribution in [3.63, 3.8) is 0 Å². The van der Waals surface area contributed by atoms with Crippen molar-refractivity contribution in [1.29, 1.82) is 5.26 Å². The molecule has 0 saturated carbocycles. The Balaban J connectivity index is 1.76. The van der Waals surface area contributed by atoms with Gasteiger partial charge in [-0.25, -0.2) is 8.78 Å². The van der Waals surface area contributed by atoms with Crippen LogP contribution in [0.3, 0.4) is 0 Å². The number of halogens is 2. The van der Waals surface area contributed by atoms with E-state index in [9.17, 15) is 18.8 Å². The van der Waals surface area contributed by atoms with E-state index in [1.54, 1.807) is 18.2 Å². The topological polar surface area (TPSA) is 56.1 Å². The average Bonchev–Trinajstić information content (AvgIpc) is 3.03. The van der Waals surface area contributed by atoms with Crippen LogP contribution in [0.5, 0.6) is 0 Å². The molecular formula is C19H17F2N3O. The van der Waals surface area contributed by atoms with Crippen LogP contribution in [0.1, 0.15) is 29.3 Å². The van der Waals surface area contributed by atoms with Crippen LogP contribution in [0.2, 0.25) is 0 Å². The Morgan fingerprint density at radius 3 is 2.76 bits per heavy atom. The molecule has 0 amide bonds. The molecular weight excluding hydrogens is 324 g/mol. The van der Waals surface area contributed by atoms with Gasteiger partial charge in [-0.05, 0) is 43.7 Å². The maximum atomic E-state index is 13.9. The number of carbonyl (C=O) groups excluding carboxylic acids is 1. The minimum absolute atomic E-state index is 0.00115. The summed E-state index contributed by atoms with van der Waals surface area (Å²) in [7, 11) is 0. The zero-order valence-electron chi connectivity index (χ0n) is 13.7. The summed E-state index contributed by atoms with van der Waals surface area (Å²) in [6.45, 7) is 2.62. The third-order valence-electron chi connectivity index (χ3n) is 4.34. The fraction of sp³-hybridized carbons (Fsp3) is 0.263. The molecule has 1 fully saturated rings. The van der Waals surface area contributed by atoms with Gasteiger partial charge in [-0.2, -0.15) is 5.26 Å². The quantitative estimate of drug-likeness (QED) is 0.861. The van der Waals surface area contributed by atoms with Gasteiger partial charge in [0.05, 0.1) is 16.9 Å². The van der Waals surface area contributed by atoms with Gasteiger partial charge in [0.25, 0.3) is 0 Å². The summed E-state index contributed by atoms with van der Waals surface area (Å²) in [5, 5.41) is 12.5. The molecule has 0 bridgehead atoms. The van der Waals surface area contributed by atoms with Crippen molar-refractivity contribution >= 4 is 17.2 Å². The van der Waals surface area contributed by atoms with Gasteiger partial charge in [0.2, 0.25) is 0 Å². The zero-order valence-corrected chi connectivity index (χ0v) is 13.7.